The third-order valence-corrected chi connectivity index (χ3v) is 7.54. The summed E-state index contributed by atoms with van der Waals surface area (Å²) in [6.07, 6.45) is 4.61. The number of piperazine rings is 1. The molecule has 0 bridgehead atoms. The van der Waals surface area contributed by atoms with Crippen molar-refractivity contribution in [3.05, 3.63) is 65.5 Å². The first kappa shape index (κ1) is 26.1. The number of rotatable bonds is 9. The minimum Gasteiger partial charge on any atom is -0.367 e. The fourth-order valence-electron chi connectivity index (χ4n) is 5.53. The number of hydrogen-bond donors (Lipinski definition) is 1. The van der Waals surface area contributed by atoms with Crippen molar-refractivity contribution in [1.82, 2.24) is 15.1 Å². The van der Waals surface area contributed by atoms with Gasteiger partial charge in [0.15, 0.2) is 0 Å². The first-order valence-electron chi connectivity index (χ1n) is 13.4. The van der Waals surface area contributed by atoms with Crippen LogP contribution in [-0.2, 0) is 16.0 Å². The zero-order valence-electron chi connectivity index (χ0n) is 21.6. The minimum absolute atomic E-state index is 0.0347. The number of carbonyl (C=O) groups excluding carboxylic acids is 2. The topological polar surface area (TPSA) is 55.9 Å². The molecule has 1 N–H and O–H groups in total. The van der Waals surface area contributed by atoms with Gasteiger partial charge in [0.2, 0.25) is 11.8 Å². The second kappa shape index (κ2) is 12.3. The maximum Gasteiger partial charge on any atom is 0.244 e. The highest BCUT2D eigenvalue weighted by Crippen LogP contribution is 2.28. The van der Waals surface area contributed by atoms with E-state index in [0.717, 1.165) is 31.2 Å². The molecule has 1 aliphatic heterocycles. The van der Waals surface area contributed by atoms with E-state index < -0.39 is 0 Å². The van der Waals surface area contributed by atoms with E-state index in [1.54, 1.807) is 6.07 Å². The monoisotopic (exact) mass is 494 g/mol. The van der Waals surface area contributed by atoms with Crippen molar-refractivity contribution in [2.45, 2.75) is 58.0 Å². The standard InChI is InChI=1S/C29H39FN4O2/c1-3-32(4-2)29(36)28(23-10-6-5-7-11-23)34-18-16-33(17-19-34)26-15-14-22(20-25(26)30)21-27(35)31-24-12-8-9-13-24/h5-7,10-11,14-15,20,24,28H,3-4,8-9,12-13,16-19,21H2,1-2H3,(H,31,35). The molecule has 2 aromatic rings. The largest absolute Gasteiger partial charge is 0.367 e. The molecule has 2 amide bonds. The summed E-state index contributed by atoms with van der Waals surface area (Å²) in [7, 11) is 0. The lowest BCUT2D eigenvalue weighted by Crippen LogP contribution is -2.52. The van der Waals surface area contributed by atoms with E-state index in [9.17, 15) is 9.59 Å². The number of halogens is 1. The van der Waals surface area contributed by atoms with Gasteiger partial charge in [0.25, 0.3) is 0 Å². The van der Waals surface area contributed by atoms with Crippen LogP contribution in [0, 0.1) is 5.82 Å². The summed E-state index contributed by atoms with van der Waals surface area (Å²) in [6.45, 7) is 7.96. The minimum atomic E-state index is -0.334. The third kappa shape index (κ3) is 6.25. The van der Waals surface area contributed by atoms with Gasteiger partial charge in [0.05, 0.1) is 12.1 Å². The first-order chi connectivity index (χ1) is 17.5. The number of hydrogen-bond acceptors (Lipinski definition) is 4. The first-order valence-corrected chi connectivity index (χ1v) is 13.4. The molecule has 36 heavy (non-hydrogen) atoms. The lowest BCUT2D eigenvalue weighted by molar-refractivity contribution is -0.137. The summed E-state index contributed by atoms with van der Waals surface area (Å²) in [4.78, 5) is 31.9. The molecule has 2 fully saturated rings. The number of anilines is 1. The third-order valence-electron chi connectivity index (χ3n) is 7.54. The molecule has 7 heteroatoms. The SMILES string of the molecule is CCN(CC)C(=O)C(c1ccccc1)N1CCN(c2ccc(CC(=O)NC3CCCC3)cc2F)CC1. The normalized spacial score (nSPS) is 17.7. The van der Waals surface area contributed by atoms with E-state index >= 15 is 4.39 Å². The number of benzene rings is 2. The molecule has 0 radical (unpaired) electrons. The number of carbonyl (C=O) groups is 2. The molecule has 0 aromatic heterocycles. The Hall–Kier alpha value is -2.93. The summed E-state index contributed by atoms with van der Waals surface area (Å²) in [5.41, 5.74) is 2.24. The molecular formula is C29H39FN4O2. The van der Waals surface area contributed by atoms with Gasteiger partial charge in [-0.05, 0) is 49.9 Å². The summed E-state index contributed by atoms with van der Waals surface area (Å²) in [6, 6.07) is 15.0. The fourth-order valence-corrected chi connectivity index (χ4v) is 5.53. The Morgan fingerprint density at radius 3 is 2.28 bits per heavy atom. The van der Waals surface area contributed by atoms with Crippen LogP contribution >= 0.6 is 0 Å². The van der Waals surface area contributed by atoms with Crippen LogP contribution in [0.3, 0.4) is 0 Å². The van der Waals surface area contributed by atoms with Crippen molar-refractivity contribution >= 4 is 17.5 Å². The number of likely N-dealkylation sites (N-methyl/N-ethyl adjacent to an activating group) is 1. The highest BCUT2D eigenvalue weighted by atomic mass is 19.1. The second-order valence-electron chi connectivity index (χ2n) is 9.86. The van der Waals surface area contributed by atoms with Crippen molar-refractivity contribution in [3.63, 3.8) is 0 Å². The van der Waals surface area contributed by atoms with Crippen molar-refractivity contribution in [2.24, 2.45) is 0 Å². The van der Waals surface area contributed by atoms with Crippen molar-refractivity contribution < 1.29 is 14.0 Å². The summed E-state index contributed by atoms with van der Waals surface area (Å²) >= 11 is 0. The average Bonchev–Trinajstić information content (AvgIpc) is 3.39. The Labute approximate surface area is 214 Å². The Bertz CT molecular complexity index is 1010. The Balaban J connectivity index is 1.40. The molecular weight excluding hydrogens is 455 g/mol. The van der Waals surface area contributed by atoms with Gasteiger partial charge >= 0.3 is 0 Å². The van der Waals surface area contributed by atoms with Crippen LogP contribution in [0.1, 0.15) is 56.7 Å². The van der Waals surface area contributed by atoms with Crippen LogP contribution in [0.25, 0.3) is 0 Å². The van der Waals surface area contributed by atoms with E-state index in [-0.39, 0.29) is 36.1 Å². The fraction of sp³-hybridized carbons (Fsp3) is 0.517. The van der Waals surface area contributed by atoms with Crippen LogP contribution in [0.2, 0.25) is 0 Å². The van der Waals surface area contributed by atoms with Crippen LogP contribution in [0.15, 0.2) is 48.5 Å². The molecule has 194 valence electrons. The summed E-state index contributed by atoms with van der Waals surface area (Å²) < 4.78 is 15.1. The molecule has 1 saturated carbocycles. The lowest BCUT2D eigenvalue weighted by atomic mass is 10.0. The van der Waals surface area contributed by atoms with Crippen LogP contribution in [0.5, 0.6) is 0 Å². The van der Waals surface area contributed by atoms with Gasteiger partial charge in [0.1, 0.15) is 11.9 Å². The molecule has 1 atom stereocenters. The quantitative estimate of drug-likeness (QED) is 0.569. The van der Waals surface area contributed by atoms with Crippen LogP contribution < -0.4 is 10.2 Å². The van der Waals surface area contributed by atoms with Gasteiger partial charge in [0, 0.05) is 45.3 Å². The predicted octanol–water partition coefficient (Wildman–Crippen LogP) is 4.16. The highest BCUT2D eigenvalue weighted by molar-refractivity contribution is 5.83. The molecule has 1 unspecified atom stereocenters. The smallest absolute Gasteiger partial charge is 0.244 e. The molecule has 1 aliphatic carbocycles. The van der Waals surface area contributed by atoms with Crippen LogP contribution in [-0.4, -0.2) is 66.9 Å². The Kier molecular flexibility index (Phi) is 8.97. The number of nitrogens with one attached hydrogen (secondary N) is 1. The maximum absolute atomic E-state index is 15.1. The molecule has 2 aliphatic rings. The highest BCUT2D eigenvalue weighted by Gasteiger charge is 2.33. The molecule has 4 rings (SSSR count). The van der Waals surface area contributed by atoms with E-state index in [4.69, 9.17) is 0 Å². The van der Waals surface area contributed by atoms with E-state index in [0.29, 0.717) is 50.5 Å². The lowest BCUT2D eigenvalue weighted by Gasteiger charge is -2.41. The van der Waals surface area contributed by atoms with Gasteiger partial charge in [-0.2, -0.15) is 0 Å². The molecule has 2 aromatic carbocycles. The second-order valence-corrected chi connectivity index (χ2v) is 9.86. The zero-order chi connectivity index (χ0) is 25.5. The molecule has 6 nitrogen and oxygen atoms in total. The zero-order valence-corrected chi connectivity index (χ0v) is 21.6. The van der Waals surface area contributed by atoms with E-state index in [1.807, 2.05) is 60.0 Å². The molecule has 0 spiro atoms. The van der Waals surface area contributed by atoms with E-state index in [1.165, 1.54) is 6.07 Å². The number of amides is 2. The van der Waals surface area contributed by atoms with Gasteiger partial charge < -0.3 is 15.1 Å². The van der Waals surface area contributed by atoms with Crippen molar-refractivity contribution in [3.8, 4) is 0 Å². The van der Waals surface area contributed by atoms with Crippen molar-refractivity contribution in [2.75, 3.05) is 44.2 Å². The van der Waals surface area contributed by atoms with Gasteiger partial charge in [-0.3, -0.25) is 14.5 Å². The molecule has 1 heterocycles. The summed E-state index contributed by atoms with van der Waals surface area (Å²) in [5.74, 6) is -0.216. The van der Waals surface area contributed by atoms with Crippen molar-refractivity contribution in [1.29, 1.82) is 0 Å². The molecule has 1 saturated heterocycles. The average molecular weight is 495 g/mol. The maximum atomic E-state index is 15.1. The number of nitrogens with zero attached hydrogens (tertiary/aromatic N) is 3. The van der Waals surface area contributed by atoms with Gasteiger partial charge in [-0.25, -0.2) is 4.39 Å². The van der Waals surface area contributed by atoms with Gasteiger partial charge in [-0.15, -0.1) is 0 Å². The van der Waals surface area contributed by atoms with E-state index in [2.05, 4.69) is 10.2 Å². The van der Waals surface area contributed by atoms with Gasteiger partial charge in [-0.1, -0.05) is 49.2 Å². The van der Waals surface area contributed by atoms with Crippen LogP contribution in [0.4, 0.5) is 10.1 Å². The predicted molar refractivity (Wildman–Crippen MR) is 141 cm³/mol. The summed E-state index contributed by atoms with van der Waals surface area (Å²) in [5, 5.41) is 3.07. The Morgan fingerprint density at radius 1 is 1.00 bits per heavy atom. The Morgan fingerprint density at radius 2 is 1.67 bits per heavy atom.